The molecule has 0 rings (SSSR count). The van der Waals surface area contributed by atoms with Crippen molar-refractivity contribution in [2.24, 2.45) is 5.92 Å². The van der Waals surface area contributed by atoms with Crippen LogP contribution in [-0.2, 0) is 9.59 Å². The summed E-state index contributed by atoms with van der Waals surface area (Å²) in [6, 6.07) is 0. The maximum absolute atomic E-state index is 11.0. The van der Waals surface area contributed by atoms with Crippen molar-refractivity contribution in [2.45, 2.75) is 20.3 Å². The minimum Gasteiger partial charge on any atom is -0.349 e. The van der Waals surface area contributed by atoms with E-state index in [0.29, 0.717) is 6.42 Å². The molecule has 0 aromatic rings. The van der Waals surface area contributed by atoms with Gasteiger partial charge in [0.15, 0.2) is 0 Å². The van der Waals surface area contributed by atoms with Gasteiger partial charge in [0.05, 0.1) is 0 Å². The van der Waals surface area contributed by atoms with E-state index in [1.807, 2.05) is 0 Å². The standard InChI is InChI=1S/C8H15NO2/c1-6(7(2)10)5-8(11)9(3)4/h6H,5H2,1-4H3/t6-/m1/s1. The highest BCUT2D eigenvalue weighted by molar-refractivity contribution is 5.85. The van der Waals surface area contributed by atoms with Gasteiger partial charge in [-0.05, 0) is 6.92 Å². The van der Waals surface area contributed by atoms with Gasteiger partial charge in [-0.15, -0.1) is 0 Å². The summed E-state index contributed by atoms with van der Waals surface area (Å²) in [7, 11) is 3.38. The zero-order chi connectivity index (χ0) is 9.02. The largest absolute Gasteiger partial charge is 0.349 e. The van der Waals surface area contributed by atoms with Crippen LogP contribution in [0.5, 0.6) is 0 Å². The second kappa shape index (κ2) is 4.11. The number of hydrogen-bond acceptors (Lipinski definition) is 2. The highest BCUT2D eigenvalue weighted by atomic mass is 16.2. The average molecular weight is 157 g/mol. The molecule has 0 aromatic heterocycles. The third-order valence-electron chi connectivity index (χ3n) is 1.67. The molecular formula is C8H15NO2. The van der Waals surface area contributed by atoms with E-state index in [-0.39, 0.29) is 17.6 Å². The van der Waals surface area contributed by atoms with Crippen LogP contribution >= 0.6 is 0 Å². The molecule has 3 heteroatoms. The third-order valence-corrected chi connectivity index (χ3v) is 1.67. The summed E-state index contributed by atoms with van der Waals surface area (Å²) in [5, 5.41) is 0. The molecule has 0 saturated carbocycles. The number of hydrogen-bond donors (Lipinski definition) is 0. The quantitative estimate of drug-likeness (QED) is 0.604. The molecule has 0 aromatic carbocycles. The van der Waals surface area contributed by atoms with Gasteiger partial charge in [0.25, 0.3) is 0 Å². The highest BCUT2D eigenvalue weighted by Crippen LogP contribution is 2.04. The summed E-state index contributed by atoms with van der Waals surface area (Å²) < 4.78 is 0. The Kier molecular flexibility index (Phi) is 3.79. The van der Waals surface area contributed by atoms with Crippen LogP contribution < -0.4 is 0 Å². The van der Waals surface area contributed by atoms with Crippen LogP contribution in [0.3, 0.4) is 0 Å². The van der Waals surface area contributed by atoms with E-state index in [1.54, 1.807) is 21.0 Å². The molecule has 0 unspecified atom stereocenters. The summed E-state index contributed by atoms with van der Waals surface area (Å²) in [5.74, 6) is -0.0715. The molecule has 3 nitrogen and oxygen atoms in total. The van der Waals surface area contributed by atoms with E-state index in [0.717, 1.165) is 0 Å². The van der Waals surface area contributed by atoms with E-state index in [1.165, 1.54) is 11.8 Å². The maximum Gasteiger partial charge on any atom is 0.222 e. The maximum atomic E-state index is 11.0. The Morgan fingerprint density at radius 2 is 1.82 bits per heavy atom. The Hall–Kier alpha value is -0.860. The fourth-order valence-corrected chi connectivity index (χ4v) is 0.588. The predicted octanol–water partition coefficient (Wildman–Crippen LogP) is 0.690. The smallest absolute Gasteiger partial charge is 0.222 e. The molecule has 0 aliphatic heterocycles. The summed E-state index contributed by atoms with van der Waals surface area (Å²) in [4.78, 5) is 23.3. The average Bonchev–Trinajstić information content (AvgIpc) is 1.87. The number of Topliss-reactive ketones (excluding diaryl/α,β-unsaturated/α-hetero) is 1. The Bertz CT molecular complexity index is 163. The van der Waals surface area contributed by atoms with Crippen LogP contribution in [0.1, 0.15) is 20.3 Å². The van der Waals surface area contributed by atoms with Crippen LogP contribution in [0.25, 0.3) is 0 Å². The molecule has 1 amide bonds. The van der Waals surface area contributed by atoms with Gasteiger partial charge in [0, 0.05) is 26.4 Å². The van der Waals surface area contributed by atoms with Crippen molar-refractivity contribution in [1.82, 2.24) is 4.90 Å². The molecule has 0 spiro atoms. The van der Waals surface area contributed by atoms with Crippen molar-refractivity contribution >= 4 is 11.7 Å². The van der Waals surface area contributed by atoms with Gasteiger partial charge in [-0.1, -0.05) is 6.92 Å². The lowest BCUT2D eigenvalue weighted by molar-refractivity contribution is -0.132. The van der Waals surface area contributed by atoms with E-state index >= 15 is 0 Å². The van der Waals surface area contributed by atoms with Crippen molar-refractivity contribution < 1.29 is 9.59 Å². The molecule has 64 valence electrons. The minimum atomic E-state index is -0.148. The minimum absolute atomic E-state index is 0.00713. The lowest BCUT2D eigenvalue weighted by atomic mass is 10.0. The summed E-state index contributed by atoms with van der Waals surface area (Å²) >= 11 is 0. The van der Waals surface area contributed by atoms with E-state index in [9.17, 15) is 9.59 Å². The number of nitrogens with zero attached hydrogens (tertiary/aromatic N) is 1. The van der Waals surface area contributed by atoms with Gasteiger partial charge in [0.1, 0.15) is 5.78 Å². The number of ketones is 1. The van der Waals surface area contributed by atoms with Crippen LogP contribution in [0.15, 0.2) is 0 Å². The SMILES string of the molecule is CC(=O)[C@H](C)CC(=O)N(C)C. The van der Waals surface area contributed by atoms with Gasteiger partial charge < -0.3 is 4.90 Å². The summed E-state index contributed by atoms with van der Waals surface area (Å²) in [5.41, 5.74) is 0. The van der Waals surface area contributed by atoms with Gasteiger partial charge in [-0.25, -0.2) is 0 Å². The first kappa shape index (κ1) is 10.1. The Morgan fingerprint density at radius 1 is 1.36 bits per heavy atom. The number of carbonyl (C=O) groups excluding carboxylic acids is 2. The van der Waals surface area contributed by atoms with E-state index < -0.39 is 0 Å². The van der Waals surface area contributed by atoms with Crippen molar-refractivity contribution in [3.8, 4) is 0 Å². The lowest BCUT2D eigenvalue weighted by Crippen LogP contribution is -2.25. The van der Waals surface area contributed by atoms with Crippen molar-refractivity contribution in [2.75, 3.05) is 14.1 Å². The third kappa shape index (κ3) is 3.75. The molecule has 0 radical (unpaired) electrons. The molecule has 11 heavy (non-hydrogen) atoms. The summed E-state index contributed by atoms with van der Waals surface area (Å²) in [6.45, 7) is 3.28. The van der Waals surface area contributed by atoms with Crippen molar-refractivity contribution in [3.63, 3.8) is 0 Å². The zero-order valence-corrected chi connectivity index (χ0v) is 7.55. The second-order valence-corrected chi connectivity index (χ2v) is 3.00. The fourth-order valence-electron chi connectivity index (χ4n) is 0.588. The lowest BCUT2D eigenvalue weighted by Gasteiger charge is -2.12. The molecule has 0 fully saturated rings. The van der Waals surface area contributed by atoms with Gasteiger partial charge in [0.2, 0.25) is 5.91 Å². The van der Waals surface area contributed by atoms with E-state index in [2.05, 4.69) is 0 Å². The highest BCUT2D eigenvalue weighted by Gasteiger charge is 2.13. The molecule has 0 bridgehead atoms. The number of amides is 1. The molecule has 0 aliphatic rings. The van der Waals surface area contributed by atoms with Crippen LogP contribution in [0, 0.1) is 5.92 Å². The van der Waals surface area contributed by atoms with Gasteiger partial charge in [-0.2, -0.15) is 0 Å². The fraction of sp³-hybridized carbons (Fsp3) is 0.750. The van der Waals surface area contributed by atoms with Gasteiger partial charge in [-0.3, -0.25) is 9.59 Å². The monoisotopic (exact) mass is 157 g/mol. The Morgan fingerprint density at radius 3 is 2.09 bits per heavy atom. The zero-order valence-electron chi connectivity index (χ0n) is 7.55. The van der Waals surface area contributed by atoms with Crippen LogP contribution in [-0.4, -0.2) is 30.7 Å². The first-order chi connectivity index (χ1) is 4.95. The number of carbonyl (C=O) groups is 2. The molecular weight excluding hydrogens is 142 g/mol. The van der Waals surface area contributed by atoms with E-state index in [4.69, 9.17) is 0 Å². The normalized spacial score (nSPS) is 12.4. The number of rotatable bonds is 3. The second-order valence-electron chi connectivity index (χ2n) is 3.00. The summed E-state index contributed by atoms with van der Waals surface area (Å²) in [6.07, 6.45) is 0.322. The molecule has 0 saturated heterocycles. The van der Waals surface area contributed by atoms with Crippen molar-refractivity contribution in [3.05, 3.63) is 0 Å². The molecule has 1 atom stereocenters. The molecule has 0 heterocycles. The van der Waals surface area contributed by atoms with Gasteiger partial charge >= 0.3 is 0 Å². The first-order valence-corrected chi connectivity index (χ1v) is 3.65. The first-order valence-electron chi connectivity index (χ1n) is 3.65. The molecule has 0 N–H and O–H groups in total. The topological polar surface area (TPSA) is 37.4 Å². The van der Waals surface area contributed by atoms with Crippen LogP contribution in [0.4, 0.5) is 0 Å². The van der Waals surface area contributed by atoms with Crippen LogP contribution in [0.2, 0.25) is 0 Å². The Labute approximate surface area is 67.4 Å². The van der Waals surface area contributed by atoms with Crippen molar-refractivity contribution in [1.29, 1.82) is 0 Å². The molecule has 0 aliphatic carbocycles. The predicted molar refractivity (Wildman–Crippen MR) is 43.2 cm³/mol. The Balaban J connectivity index is 3.85.